The van der Waals surface area contributed by atoms with Gasteiger partial charge in [-0.25, -0.2) is 4.98 Å². The van der Waals surface area contributed by atoms with E-state index in [1.807, 2.05) is 47.4 Å². The van der Waals surface area contributed by atoms with Crippen molar-refractivity contribution < 1.29 is 0 Å². The predicted molar refractivity (Wildman–Crippen MR) is 79.9 cm³/mol. The Bertz CT molecular complexity index is 688. The molecule has 1 N–H and O–H groups in total. The first-order chi connectivity index (χ1) is 9.84. The van der Waals surface area contributed by atoms with Gasteiger partial charge in [0, 0.05) is 37.0 Å². The Hall–Kier alpha value is -2.62. The van der Waals surface area contributed by atoms with Gasteiger partial charge in [0.2, 0.25) is 5.95 Å². The zero-order chi connectivity index (χ0) is 13.8. The molecule has 2 aromatic heterocycles. The van der Waals surface area contributed by atoms with Gasteiger partial charge in [-0.15, -0.1) is 0 Å². The van der Waals surface area contributed by atoms with Crippen molar-refractivity contribution in [2.75, 3.05) is 5.32 Å². The van der Waals surface area contributed by atoms with E-state index in [0.29, 0.717) is 6.54 Å². The van der Waals surface area contributed by atoms with Gasteiger partial charge in [-0.2, -0.15) is 0 Å². The highest BCUT2D eigenvalue weighted by Crippen LogP contribution is 2.15. The number of hydrogen-bond acceptors (Lipinski definition) is 3. The molecule has 0 atom stereocenters. The smallest absolute Gasteiger partial charge is 0.207 e. The summed E-state index contributed by atoms with van der Waals surface area (Å²) in [6.45, 7) is 2.80. The van der Waals surface area contributed by atoms with E-state index in [9.17, 15) is 0 Å². The van der Waals surface area contributed by atoms with E-state index in [4.69, 9.17) is 0 Å². The van der Waals surface area contributed by atoms with Crippen LogP contribution in [0.3, 0.4) is 0 Å². The quantitative estimate of drug-likeness (QED) is 0.787. The van der Waals surface area contributed by atoms with Crippen LogP contribution in [0, 0.1) is 6.92 Å². The summed E-state index contributed by atoms with van der Waals surface area (Å²) in [4.78, 5) is 8.53. The van der Waals surface area contributed by atoms with Crippen molar-refractivity contribution in [1.29, 1.82) is 0 Å². The fraction of sp³-hybridized carbons (Fsp3) is 0.125. The van der Waals surface area contributed by atoms with Crippen molar-refractivity contribution in [3.8, 4) is 5.69 Å². The molecule has 4 nitrogen and oxygen atoms in total. The standard InChI is InChI=1S/C16H16N4/c1-13-7-8-17-11-14(13)12-19-16-18-9-10-20(16)15-5-3-2-4-6-15/h2-11H,12H2,1H3,(H,18,19). The van der Waals surface area contributed by atoms with Crippen LogP contribution in [0.1, 0.15) is 11.1 Å². The lowest BCUT2D eigenvalue weighted by Gasteiger charge is -2.10. The molecule has 0 aliphatic carbocycles. The summed E-state index contributed by atoms with van der Waals surface area (Å²) in [7, 11) is 0. The first-order valence-electron chi connectivity index (χ1n) is 6.57. The molecule has 3 aromatic rings. The summed E-state index contributed by atoms with van der Waals surface area (Å²) in [6, 6.07) is 12.2. The molecule has 0 spiro atoms. The molecule has 0 radical (unpaired) electrons. The molecule has 100 valence electrons. The molecule has 3 rings (SSSR count). The summed E-state index contributed by atoms with van der Waals surface area (Å²) in [5.74, 6) is 0.833. The van der Waals surface area contributed by atoms with Gasteiger partial charge in [-0.1, -0.05) is 18.2 Å². The Morgan fingerprint density at radius 2 is 1.95 bits per heavy atom. The maximum Gasteiger partial charge on any atom is 0.207 e. The van der Waals surface area contributed by atoms with Gasteiger partial charge >= 0.3 is 0 Å². The molecule has 0 amide bonds. The Kier molecular flexibility index (Phi) is 3.46. The van der Waals surface area contributed by atoms with E-state index in [1.54, 1.807) is 6.20 Å². The topological polar surface area (TPSA) is 42.7 Å². The number of nitrogens with one attached hydrogen (secondary N) is 1. The van der Waals surface area contributed by atoms with Crippen LogP contribution in [0.4, 0.5) is 5.95 Å². The van der Waals surface area contributed by atoms with Crippen molar-refractivity contribution >= 4 is 5.95 Å². The Morgan fingerprint density at radius 3 is 2.75 bits per heavy atom. The molecule has 0 saturated carbocycles. The van der Waals surface area contributed by atoms with Gasteiger partial charge in [-0.3, -0.25) is 9.55 Å². The molecule has 2 heterocycles. The molecule has 0 fully saturated rings. The van der Waals surface area contributed by atoms with Gasteiger partial charge in [0.05, 0.1) is 0 Å². The average molecular weight is 264 g/mol. The van der Waals surface area contributed by atoms with Gasteiger partial charge < -0.3 is 5.32 Å². The summed E-state index contributed by atoms with van der Waals surface area (Å²) in [6.07, 6.45) is 7.45. The lowest BCUT2D eigenvalue weighted by molar-refractivity contribution is 0.990. The average Bonchev–Trinajstić information content (AvgIpc) is 2.96. The highest BCUT2D eigenvalue weighted by Gasteiger charge is 2.05. The van der Waals surface area contributed by atoms with E-state index in [0.717, 1.165) is 11.6 Å². The first-order valence-corrected chi connectivity index (χ1v) is 6.57. The fourth-order valence-corrected chi connectivity index (χ4v) is 2.09. The SMILES string of the molecule is Cc1ccncc1CNc1nccn1-c1ccccc1. The lowest BCUT2D eigenvalue weighted by Crippen LogP contribution is -2.07. The van der Waals surface area contributed by atoms with Crippen LogP contribution in [-0.2, 0) is 6.54 Å². The Balaban J connectivity index is 1.80. The monoisotopic (exact) mass is 264 g/mol. The maximum absolute atomic E-state index is 4.37. The first kappa shape index (κ1) is 12.4. The van der Waals surface area contributed by atoms with Crippen LogP contribution >= 0.6 is 0 Å². The molecular formula is C16H16N4. The van der Waals surface area contributed by atoms with Crippen LogP contribution in [0.25, 0.3) is 5.69 Å². The van der Waals surface area contributed by atoms with E-state index in [1.165, 1.54) is 11.1 Å². The third-order valence-corrected chi connectivity index (χ3v) is 3.26. The molecule has 1 aromatic carbocycles. The summed E-state index contributed by atoms with van der Waals surface area (Å²) >= 11 is 0. The zero-order valence-electron chi connectivity index (χ0n) is 11.3. The second kappa shape index (κ2) is 5.57. The number of pyridine rings is 1. The molecule has 0 saturated heterocycles. The second-order valence-electron chi connectivity index (χ2n) is 4.61. The van der Waals surface area contributed by atoms with E-state index >= 15 is 0 Å². The molecule has 0 unspecified atom stereocenters. The molecule has 0 bridgehead atoms. The number of benzene rings is 1. The van der Waals surface area contributed by atoms with Gasteiger partial charge in [0.1, 0.15) is 0 Å². The third-order valence-electron chi connectivity index (χ3n) is 3.26. The van der Waals surface area contributed by atoms with Crippen molar-refractivity contribution in [3.63, 3.8) is 0 Å². The number of rotatable bonds is 4. The number of imidazole rings is 1. The number of para-hydroxylation sites is 1. The van der Waals surface area contributed by atoms with Crippen molar-refractivity contribution in [2.24, 2.45) is 0 Å². The Labute approximate surface area is 118 Å². The molecule has 0 aliphatic rings. The zero-order valence-corrected chi connectivity index (χ0v) is 11.3. The van der Waals surface area contributed by atoms with Crippen LogP contribution in [0.5, 0.6) is 0 Å². The summed E-state index contributed by atoms with van der Waals surface area (Å²) in [5.41, 5.74) is 3.50. The molecule has 0 aliphatic heterocycles. The molecule has 4 heteroatoms. The fourth-order valence-electron chi connectivity index (χ4n) is 2.09. The summed E-state index contributed by atoms with van der Waals surface area (Å²) < 4.78 is 2.03. The normalized spacial score (nSPS) is 10.4. The number of anilines is 1. The number of nitrogens with zero attached hydrogens (tertiary/aromatic N) is 3. The van der Waals surface area contributed by atoms with Gasteiger partial charge in [-0.05, 0) is 36.2 Å². The van der Waals surface area contributed by atoms with Gasteiger partial charge in [0.15, 0.2) is 0 Å². The maximum atomic E-state index is 4.37. The molecular weight excluding hydrogens is 248 g/mol. The highest BCUT2D eigenvalue weighted by molar-refractivity contribution is 5.42. The Morgan fingerprint density at radius 1 is 1.10 bits per heavy atom. The van der Waals surface area contributed by atoms with Crippen molar-refractivity contribution in [1.82, 2.24) is 14.5 Å². The minimum atomic E-state index is 0.712. The number of aryl methyl sites for hydroxylation is 1. The third kappa shape index (κ3) is 2.54. The van der Waals surface area contributed by atoms with Crippen LogP contribution in [0.2, 0.25) is 0 Å². The van der Waals surface area contributed by atoms with Crippen LogP contribution in [0.15, 0.2) is 61.2 Å². The number of hydrogen-bond donors (Lipinski definition) is 1. The minimum Gasteiger partial charge on any atom is -0.351 e. The van der Waals surface area contributed by atoms with Crippen LogP contribution < -0.4 is 5.32 Å². The second-order valence-corrected chi connectivity index (χ2v) is 4.61. The lowest BCUT2D eigenvalue weighted by atomic mass is 10.2. The highest BCUT2D eigenvalue weighted by atomic mass is 15.2. The van der Waals surface area contributed by atoms with Crippen molar-refractivity contribution in [3.05, 3.63) is 72.3 Å². The minimum absolute atomic E-state index is 0.712. The van der Waals surface area contributed by atoms with Crippen molar-refractivity contribution in [2.45, 2.75) is 13.5 Å². The number of aromatic nitrogens is 3. The van der Waals surface area contributed by atoms with E-state index in [2.05, 4.69) is 34.3 Å². The van der Waals surface area contributed by atoms with E-state index < -0.39 is 0 Å². The summed E-state index contributed by atoms with van der Waals surface area (Å²) in [5, 5.41) is 3.36. The molecule has 20 heavy (non-hydrogen) atoms. The van der Waals surface area contributed by atoms with E-state index in [-0.39, 0.29) is 0 Å². The van der Waals surface area contributed by atoms with Crippen LogP contribution in [-0.4, -0.2) is 14.5 Å². The van der Waals surface area contributed by atoms with Gasteiger partial charge in [0.25, 0.3) is 0 Å². The predicted octanol–water partition coefficient (Wildman–Crippen LogP) is 3.19. The largest absolute Gasteiger partial charge is 0.351 e.